The molecule has 1 fully saturated rings. The lowest BCUT2D eigenvalue weighted by Gasteiger charge is -2.26. The highest BCUT2D eigenvalue weighted by molar-refractivity contribution is 14.0. The Morgan fingerprint density at radius 2 is 1.88 bits per heavy atom. The van der Waals surface area contributed by atoms with Crippen molar-refractivity contribution in [3.63, 3.8) is 0 Å². The van der Waals surface area contributed by atoms with Gasteiger partial charge in [0.25, 0.3) is 0 Å². The van der Waals surface area contributed by atoms with E-state index in [9.17, 15) is 0 Å². The highest BCUT2D eigenvalue weighted by atomic mass is 127. The molecular weight excluding hydrogens is 411 g/mol. The third-order valence-electron chi connectivity index (χ3n) is 4.51. The molecule has 0 atom stereocenters. The molecule has 0 bridgehead atoms. The summed E-state index contributed by atoms with van der Waals surface area (Å²) >= 11 is 0. The molecule has 2 rings (SSSR count). The van der Waals surface area contributed by atoms with Crippen molar-refractivity contribution in [2.75, 3.05) is 20.1 Å². The first kappa shape index (κ1) is 21.2. The smallest absolute Gasteiger partial charge is 0.191 e. The largest absolute Gasteiger partial charge is 0.355 e. The number of aryl methyl sites for hydroxylation is 1. The first-order valence-corrected chi connectivity index (χ1v) is 8.92. The van der Waals surface area contributed by atoms with Crippen molar-refractivity contribution < 1.29 is 0 Å². The van der Waals surface area contributed by atoms with Gasteiger partial charge in [0.2, 0.25) is 0 Å². The molecule has 1 aliphatic carbocycles. The fourth-order valence-electron chi connectivity index (χ4n) is 3.05. The highest BCUT2D eigenvalue weighted by Gasteiger charge is 2.30. The number of halogens is 1. The summed E-state index contributed by atoms with van der Waals surface area (Å²) in [6.07, 6.45) is 3.78. The van der Waals surface area contributed by atoms with Crippen LogP contribution in [0.5, 0.6) is 0 Å². The van der Waals surface area contributed by atoms with Crippen LogP contribution in [0.3, 0.4) is 0 Å². The fourth-order valence-corrected chi connectivity index (χ4v) is 3.05. The lowest BCUT2D eigenvalue weighted by Crippen LogP contribution is -2.43. The van der Waals surface area contributed by atoms with Crippen LogP contribution in [0.1, 0.15) is 44.7 Å². The van der Waals surface area contributed by atoms with Gasteiger partial charge in [-0.25, -0.2) is 0 Å². The highest BCUT2D eigenvalue weighted by Crippen LogP contribution is 2.27. The van der Waals surface area contributed by atoms with Crippen molar-refractivity contribution in [3.05, 3.63) is 35.4 Å². The summed E-state index contributed by atoms with van der Waals surface area (Å²) in [5.74, 6) is 0.885. The van der Waals surface area contributed by atoms with Gasteiger partial charge in [-0.2, -0.15) is 0 Å². The van der Waals surface area contributed by atoms with Crippen LogP contribution in [0.15, 0.2) is 29.3 Å². The van der Waals surface area contributed by atoms with Gasteiger partial charge in [0.15, 0.2) is 5.96 Å². The van der Waals surface area contributed by atoms with Crippen molar-refractivity contribution in [3.8, 4) is 0 Å². The summed E-state index contributed by atoms with van der Waals surface area (Å²) in [5, 5.41) is 6.87. The Kier molecular flexibility index (Phi) is 9.66. The number of aliphatic imine (C=N–C) groups is 1. The number of benzene rings is 1. The summed E-state index contributed by atoms with van der Waals surface area (Å²) < 4.78 is 0. The quantitative estimate of drug-likeness (QED) is 0.367. The number of guanidine groups is 1. The Balaban J connectivity index is 0.00000288. The van der Waals surface area contributed by atoms with Crippen LogP contribution >= 0.6 is 24.0 Å². The molecule has 1 aliphatic rings. The SMILES string of the molecule is CCc1ccccc1CNC(=NC)NCCN(C(C)C)C1CC1.I. The maximum absolute atomic E-state index is 4.34. The van der Waals surface area contributed by atoms with Gasteiger partial charge >= 0.3 is 0 Å². The minimum atomic E-state index is 0. The molecular formula is C19H33IN4. The summed E-state index contributed by atoms with van der Waals surface area (Å²) in [4.78, 5) is 6.93. The maximum Gasteiger partial charge on any atom is 0.191 e. The Hall–Kier alpha value is -0.820. The van der Waals surface area contributed by atoms with E-state index >= 15 is 0 Å². The first-order valence-electron chi connectivity index (χ1n) is 8.92. The Morgan fingerprint density at radius 1 is 1.21 bits per heavy atom. The van der Waals surface area contributed by atoms with Gasteiger partial charge in [-0.1, -0.05) is 31.2 Å². The zero-order chi connectivity index (χ0) is 16.7. The lowest BCUT2D eigenvalue weighted by molar-refractivity contribution is 0.215. The van der Waals surface area contributed by atoms with Crippen LogP contribution in [-0.2, 0) is 13.0 Å². The van der Waals surface area contributed by atoms with Crippen LogP contribution in [0.25, 0.3) is 0 Å². The van der Waals surface area contributed by atoms with Gasteiger partial charge in [0.1, 0.15) is 0 Å². The molecule has 2 N–H and O–H groups in total. The van der Waals surface area contributed by atoms with Crippen molar-refractivity contribution in [1.82, 2.24) is 15.5 Å². The van der Waals surface area contributed by atoms with Crippen LogP contribution in [0, 0.1) is 0 Å². The van der Waals surface area contributed by atoms with Crippen LogP contribution < -0.4 is 10.6 Å². The molecule has 1 saturated carbocycles. The molecule has 1 aromatic carbocycles. The van der Waals surface area contributed by atoms with Gasteiger partial charge in [-0.3, -0.25) is 9.89 Å². The van der Waals surface area contributed by atoms with Crippen molar-refractivity contribution in [1.29, 1.82) is 0 Å². The number of nitrogens with one attached hydrogen (secondary N) is 2. The monoisotopic (exact) mass is 444 g/mol. The van der Waals surface area contributed by atoms with Gasteiger partial charge < -0.3 is 10.6 Å². The number of hydrogen-bond acceptors (Lipinski definition) is 2. The van der Waals surface area contributed by atoms with E-state index in [2.05, 4.69) is 65.6 Å². The molecule has 136 valence electrons. The molecule has 0 aliphatic heterocycles. The van der Waals surface area contributed by atoms with E-state index in [-0.39, 0.29) is 24.0 Å². The molecule has 1 aromatic rings. The minimum Gasteiger partial charge on any atom is -0.355 e. The zero-order valence-corrected chi connectivity index (χ0v) is 17.8. The lowest BCUT2D eigenvalue weighted by atomic mass is 10.1. The van der Waals surface area contributed by atoms with Crippen molar-refractivity contribution in [2.24, 2.45) is 4.99 Å². The molecule has 5 heteroatoms. The van der Waals surface area contributed by atoms with E-state index < -0.39 is 0 Å². The number of rotatable bonds is 8. The Morgan fingerprint density at radius 3 is 2.42 bits per heavy atom. The van der Waals surface area contributed by atoms with Crippen molar-refractivity contribution in [2.45, 2.75) is 58.7 Å². The van der Waals surface area contributed by atoms with Gasteiger partial charge in [-0.15, -0.1) is 24.0 Å². The normalized spacial score (nSPS) is 14.7. The molecule has 0 aromatic heterocycles. The second-order valence-corrected chi connectivity index (χ2v) is 6.54. The average molecular weight is 444 g/mol. The van der Waals surface area contributed by atoms with E-state index in [0.29, 0.717) is 6.04 Å². The molecule has 0 radical (unpaired) electrons. The van der Waals surface area contributed by atoms with Gasteiger partial charge in [-0.05, 0) is 44.2 Å². The Labute approximate surface area is 164 Å². The van der Waals surface area contributed by atoms with Gasteiger partial charge in [0.05, 0.1) is 0 Å². The van der Waals surface area contributed by atoms with Gasteiger partial charge in [0, 0.05) is 38.8 Å². The standard InChI is InChI=1S/C19H32N4.HI/c1-5-16-8-6-7-9-17(16)14-22-19(20-4)21-12-13-23(15(2)3)18-10-11-18;/h6-9,15,18H,5,10-14H2,1-4H3,(H2,20,21,22);1H. The minimum absolute atomic E-state index is 0. The number of hydrogen-bond donors (Lipinski definition) is 2. The molecule has 0 unspecified atom stereocenters. The van der Waals surface area contributed by atoms with Crippen LogP contribution in [-0.4, -0.2) is 43.1 Å². The third-order valence-corrected chi connectivity index (χ3v) is 4.51. The molecule has 4 nitrogen and oxygen atoms in total. The maximum atomic E-state index is 4.34. The topological polar surface area (TPSA) is 39.7 Å². The molecule has 0 saturated heterocycles. The predicted octanol–water partition coefficient (Wildman–Crippen LogP) is 3.40. The summed E-state index contributed by atoms with van der Waals surface area (Å²) in [7, 11) is 1.84. The average Bonchev–Trinajstić information content (AvgIpc) is 3.39. The van der Waals surface area contributed by atoms with E-state index in [0.717, 1.165) is 38.1 Å². The van der Waals surface area contributed by atoms with E-state index in [1.807, 2.05) is 7.05 Å². The predicted molar refractivity (Wildman–Crippen MR) is 114 cm³/mol. The number of nitrogens with zero attached hydrogens (tertiary/aromatic N) is 2. The van der Waals surface area contributed by atoms with E-state index in [1.54, 1.807) is 0 Å². The molecule has 0 spiro atoms. The summed E-state index contributed by atoms with van der Waals surface area (Å²) in [6, 6.07) is 10.0. The molecule has 0 amide bonds. The molecule has 0 heterocycles. The van der Waals surface area contributed by atoms with Crippen LogP contribution in [0.4, 0.5) is 0 Å². The first-order chi connectivity index (χ1) is 11.2. The molecule has 24 heavy (non-hydrogen) atoms. The summed E-state index contributed by atoms with van der Waals surface area (Å²) in [6.45, 7) is 9.60. The Bertz CT molecular complexity index is 510. The fraction of sp³-hybridized carbons (Fsp3) is 0.632. The van der Waals surface area contributed by atoms with Crippen molar-refractivity contribution >= 4 is 29.9 Å². The second-order valence-electron chi connectivity index (χ2n) is 6.54. The van der Waals surface area contributed by atoms with E-state index in [1.165, 1.54) is 24.0 Å². The van der Waals surface area contributed by atoms with E-state index in [4.69, 9.17) is 0 Å². The second kappa shape index (κ2) is 10.9. The van der Waals surface area contributed by atoms with Crippen LogP contribution in [0.2, 0.25) is 0 Å². The summed E-state index contributed by atoms with van der Waals surface area (Å²) in [5.41, 5.74) is 2.75. The third kappa shape index (κ3) is 6.59. The zero-order valence-electron chi connectivity index (χ0n) is 15.5.